The van der Waals surface area contributed by atoms with Gasteiger partial charge < -0.3 is 5.32 Å². The van der Waals surface area contributed by atoms with Crippen molar-refractivity contribution in [2.75, 3.05) is 6.54 Å². The molecule has 1 unspecified atom stereocenters. The Morgan fingerprint density at radius 1 is 1.29 bits per heavy atom. The maximum absolute atomic E-state index is 3.54. The van der Waals surface area contributed by atoms with E-state index in [1.54, 1.807) is 0 Å². The molecule has 1 heterocycles. The lowest BCUT2D eigenvalue weighted by Gasteiger charge is -2.09. The van der Waals surface area contributed by atoms with Crippen LogP contribution in [-0.2, 0) is 6.42 Å². The second kappa shape index (κ2) is 4.61. The molecule has 0 aliphatic carbocycles. The minimum atomic E-state index is 0.774. The van der Waals surface area contributed by atoms with Crippen LogP contribution in [0.2, 0.25) is 0 Å². The molecule has 1 aromatic rings. The molecule has 2 rings (SSSR count). The zero-order chi connectivity index (χ0) is 9.80. The van der Waals surface area contributed by atoms with Crippen molar-refractivity contribution in [2.24, 2.45) is 0 Å². The van der Waals surface area contributed by atoms with E-state index in [0.717, 1.165) is 6.04 Å². The minimum absolute atomic E-state index is 0.774. The number of nitrogens with one attached hydrogen (secondary N) is 1. The highest BCUT2D eigenvalue weighted by Gasteiger charge is 2.12. The van der Waals surface area contributed by atoms with E-state index in [1.165, 1.54) is 43.4 Å². The second-order valence-electron chi connectivity index (χ2n) is 4.32. The SMILES string of the molecule is Cc1ccc(CCC2CCCN2)cc1. The second-order valence-corrected chi connectivity index (χ2v) is 4.32. The third kappa shape index (κ3) is 2.58. The third-order valence-electron chi connectivity index (χ3n) is 3.06. The van der Waals surface area contributed by atoms with Gasteiger partial charge in [-0.25, -0.2) is 0 Å². The van der Waals surface area contributed by atoms with Gasteiger partial charge in [0.2, 0.25) is 0 Å². The predicted octanol–water partition coefficient (Wildman–Crippen LogP) is 2.68. The van der Waals surface area contributed by atoms with E-state index < -0.39 is 0 Å². The summed E-state index contributed by atoms with van der Waals surface area (Å²) in [6, 6.07) is 9.69. The topological polar surface area (TPSA) is 12.0 Å². The maximum atomic E-state index is 3.54. The van der Waals surface area contributed by atoms with E-state index in [0.29, 0.717) is 0 Å². The van der Waals surface area contributed by atoms with E-state index in [1.807, 2.05) is 0 Å². The standard InChI is InChI=1S/C13H19N/c1-11-4-6-12(7-5-11)8-9-13-3-2-10-14-13/h4-7,13-14H,2-3,8-10H2,1H3. The molecule has 1 fully saturated rings. The molecule has 0 radical (unpaired) electrons. The number of rotatable bonds is 3. The normalized spacial score (nSPS) is 21.4. The van der Waals surface area contributed by atoms with Gasteiger partial charge in [-0.15, -0.1) is 0 Å². The number of aryl methyl sites for hydroxylation is 2. The average Bonchev–Trinajstić information content (AvgIpc) is 2.70. The largest absolute Gasteiger partial charge is 0.314 e. The molecule has 1 N–H and O–H groups in total. The van der Waals surface area contributed by atoms with E-state index in [9.17, 15) is 0 Å². The summed E-state index contributed by atoms with van der Waals surface area (Å²) in [6.45, 7) is 3.36. The Hall–Kier alpha value is -0.820. The molecule has 1 saturated heterocycles. The fourth-order valence-corrected chi connectivity index (χ4v) is 2.10. The van der Waals surface area contributed by atoms with Crippen LogP contribution in [0.1, 0.15) is 30.4 Å². The van der Waals surface area contributed by atoms with Gasteiger partial charge in [-0.05, 0) is 44.7 Å². The highest BCUT2D eigenvalue weighted by molar-refractivity contribution is 5.21. The molecule has 14 heavy (non-hydrogen) atoms. The summed E-state index contributed by atoms with van der Waals surface area (Å²) in [4.78, 5) is 0. The first-order valence-electron chi connectivity index (χ1n) is 5.63. The highest BCUT2D eigenvalue weighted by atomic mass is 14.9. The Bertz CT molecular complexity index is 270. The molecular formula is C13H19N. The zero-order valence-electron chi connectivity index (χ0n) is 8.92. The molecule has 1 aliphatic rings. The van der Waals surface area contributed by atoms with E-state index >= 15 is 0 Å². The quantitative estimate of drug-likeness (QED) is 0.771. The first kappa shape index (κ1) is 9.72. The van der Waals surface area contributed by atoms with Gasteiger partial charge in [-0.1, -0.05) is 29.8 Å². The van der Waals surface area contributed by atoms with Gasteiger partial charge >= 0.3 is 0 Å². The maximum Gasteiger partial charge on any atom is 0.00707 e. The summed E-state index contributed by atoms with van der Waals surface area (Å²) < 4.78 is 0. The summed E-state index contributed by atoms with van der Waals surface area (Å²) >= 11 is 0. The van der Waals surface area contributed by atoms with E-state index in [-0.39, 0.29) is 0 Å². The number of benzene rings is 1. The fourth-order valence-electron chi connectivity index (χ4n) is 2.10. The first-order chi connectivity index (χ1) is 6.84. The van der Waals surface area contributed by atoms with Gasteiger partial charge in [-0.3, -0.25) is 0 Å². The van der Waals surface area contributed by atoms with Gasteiger partial charge in [0, 0.05) is 6.04 Å². The molecule has 0 bridgehead atoms. The van der Waals surface area contributed by atoms with Crippen LogP contribution in [0, 0.1) is 6.92 Å². The van der Waals surface area contributed by atoms with Gasteiger partial charge in [0.1, 0.15) is 0 Å². The lowest BCUT2D eigenvalue weighted by molar-refractivity contribution is 0.559. The van der Waals surface area contributed by atoms with Crippen molar-refractivity contribution >= 4 is 0 Å². The highest BCUT2D eigenvalue weighted by Crippen LogP contribution is 2.13. The van der Waals surface area contributed by atoms with Crippen molar-refractivity contribution in [3.8, 4) is 0 Å². The molecule has 1 atom stereocenters. The van der Waals surface area contributed by atoms with Crippen LogP contribution in [0.25, 0.3) is 0 Å². The summed E-state index contributed by atoms with van der Waals surface area (Å²) in [7, 11) is 0. The van der Waals surface area contributed by atoms with Crippen LogP contribution < -0.4 is 5.32 Å². The van der Waals surface area contributed by atoms with Crippen LogP contribution in [0.4, 0.5) is 0 Å². The first-order valence-corrected chi connectivity index (χ1v) is 5.63. The van der Waals surface area contributed by atoms with Crippen molar-refractivity contribution < 1.29 is 0 Å². The Morgan fingerprint density at radius 2 is 2.07 bits per heavy atom. The molecule has 0 saturated carbocycles. The van der Waals surface area contributed by atoms with Crippen LogP contribution in [0.5, 0.6) is 0 Å². The Balaban J connectivity index is 1.82. The van der Waals surface area contributed by atoms with Crippen molar-refractivity contribution in [1.29, 1.82) is 0 Å². The van der Waals surface area contributed by atoms with Crippen LogP contribution in [-0.4, -0.2) is 12.6 Å². The monoisotopic (exact) mass is 189 g/mol. The molecule has 76 valence electrons. The van der Waals surface area contributed by atoms with Gasteiger partial charge in [0.05, 0.1) is 0 Å². The van der Waals surface area contributed by atoms with Gasteiger partial charge in [0.15, 0.2) is 0 Å². The smallest absolute Gasteiger partial charge is 0.00707 e. The summed E-state index contributed by atoms with van der Waals surface area (Å²) in [5, 5.41) is 3.54. The van der Waals surface area contributed by atoms with E-state index in [4.69, 9.17) is 0 Å². The molecule has 0 amide bonds. The fraction of sp³-hybridized carbons (Fsp3) is 0.538. The molecule has 1 aromatic carbocycles. The molecule has 1 aliphatic heterocycles. The number of hydrogen-bond acceptors (Lipinski definition) is 1. The minimum Gasteiger partial charge on any atom is -0.314 e. The van der Waals surface area contributed by atoms with Gasteiger partial charge in [-0.2, -0.15) is 0 Å². The average molecular weight is 189 g/mol. The van der Waals surface area contributed by atoms with Gasteiger partial charge in [0.25, 0.3) is 0 Å². The van der Waals surface area contributed by atoms with Crippen molar-refractivity contribution in [3.05, 3.63) is 35.4 Å². The third-order valence-corrected chi connectivity index (χ3v) is 3.06. The lowest BCUT2D eigenvalue weighted by atomic mass is 10.0. The molecule has 1 heteroatoms. The molecule has 0 aromatic heterocycles. The molecule has 1 nitrogen and oxygen atoms in total. The van der Waals surface area contributed by atoms with Crippen LogP contribution in [0.3, 0.4) is 0 Å². The number of hydrogen-bond donors (Lipinski definition) is 1. The molecular weight excluding hydrogens is 170 g/mol. The summed E-state index contributed by atoms with van der Waals surface area (Å²) in [5.74, 6) is 0. The zero-order valence-corrected chi connectivity index (χ0v) is 8.92. The van der Waals surface area contributed by atoms with Crippen molar-refractivity contribution in [3.63, 3.8) is 0 Å². The summed E-state index contributed by atoms with van der Waals surface area (Å²) in [6.07, 6.45) is 5.24. The summed E-state index contributed by atoms with van der Waals surface area (Å²) in [5.41, 5.74) is 2.83. The molecule has 0 spiro atoms. The van der Waals surface area contributed by atoms with Crippen LogP contribution in [0.15, 0.2) is 24.3 Å². The Morgan fingerprint density at radius 3 is 2.71 bits per heavy atom. The Kier molecular flexibility index (Phi) is 3.20. The van der Waals surface area contributed by atoms with Crippen LogP contribution >= 0.6 is 0 Å². The lowest BCUT2D eigenvalue weighted by Crippen LogP contribution is -2.21. The van der Waals surface area contributed by atoms with Crippen molar-refractivity contribution in [1.82, 2.24) is 5.32 Å². The van der Waals surface area contributed by atoms with Crippen molar-refractivity contribution in [2.45, 2.75) is 38.6 Å². The Labute approximate surface area is 86.5 Å². The predicted molar refractivity (Wildman–Crippen MR) is 60.5 cm³/mol. The van der Waals surface area contributed by atoms with E-state index in [2.05, 4.69) is 36.5 Å².